The molecule has 1 saturated heterocycles. The Bertz CT molecular complexity index is 481. The molecule has 1 aromatic rings. The van der Waals surface area contributed by atoms with Gasteiger partial charge in [0.05, 0.1) is 12.7 Å². The fourth-order valence-corrected chi connectivity index (χ4v) is 2.28. The zero-order chi connectivity index (χ0) is 13.0. The molecule has 5 heteroatoms. The van der Waals surface area contributed by atoms with E-state index in [0.29, 0.717) is 11.4 Å². The van der Waals surface area contributed by atoms with Crippen LogP contribution in [0.1, 0.15) is 24.8 Å². The van der Waals surface area contributed by atoms with Gasteiger partial charge in [-0.2, -0.15) is 5.26 Å². The molecule has 1 aliphatic rings. The molecule has 0 aromatic carbocycles. The zero-order valence-electron chi connectivity index (χ0n) is 10.3. The molecular weight excluding hydrogens is 230 g/mol. The van der Waals surface area contributed by atoms with Gasteiger partial charge >= 0.3 is 5.97 Å². The number of anilines is 1. The topological polar surface area (TPSA) is 66.2 Å². The van der Waals surface area contributed by atoms with Gasteiger partial charge in [-0.3, -0.25) is 0 Å². The van der Waals surface area contributed by atoms with Gasteiger partial charge in [0, 0.05) is 12.7 Å². The van der Waals surface area contributed by atoms with Gasteiger partial charge in [-0.15, -0.1) is 0 Å². The first-order valence-corrected chi connectivity index (χ1v) is 5.97. The van der Waals surface area contributed by atoms with Crippen molar-refractivity contribution in [1.82, 2.24) is 4.98 Å². The van der Waals surface area contributed by atoms with Crippen molar-refractivity contribution in [1.29, 1.82) is 5.26 Å². The number of piperidine rings is 1. The molecule has 0 amide bonds. The van der Waals surface area contributed by atoms with E-state index in [9.17, 15) is 4.79 Å². The maximum atomic E-state index is 11.8. The Morgan fingerprint density at radius 1 is 1.61 bits per heavy atom. The van der Waals surface area contributed by atoms with Crippen molar-refractivity contribution in [3.05, 3.63) is 23.9 Å². The SMILES string of the molecule is COC(=O)C1CCCCN1c1ncccc1C#N. The van der Waals surface area contributed by atoms with Crippen molar-refractivity contribution >= 4 is 11.8 Å². The van der Waals surface area contributed by atoms with Crippen LogP contribution in [0.5, 0.6) is 0 Å². The highest BCUT2D eigenvalue weighted by molar-refractivity contribution is 5.80. The van der Waals surface area contributed by atoms with Crippen LogP contribution in [0.4, 0.5) is 5.82 Å². The fraction of sp³-hybridized carbons (Fsp3) is 0.462. The Morgan fingerprint density at radius 2 is 2.44 bits per heavy atom. The molecule has 0 aliphatic carbocycles. The van der Waals surface area contributed by atoms with E-state index >= 15 is 0 Å². The van der Waals surface area contributed by atoms with Gasteiger partial charge in [-0.25, -0.2) is 9.78 Å². The third-order valence-corrected chi connectivity index (χ3v) is 3.16. The van der Waals surface area contributed by atoms with Crippen LogP contribution in [-0.4, -0.2) is 30.6 Å². The van der Waals surface area contributed by atoms with E-state index in [2.05, 4.69) is 11.1 Å². The highest BCUT2D eigenvalue weighted by atomic mass is 16.5. The van der Waals surface area contributed by atoms with Gasteiger partial charge < -0.3 is 9.64 Å². The van der Waals surface area contributed by atoms with E-state index in [-0.39, 0.29) is 12.0 Å². The molecule has 2 heterocycles. The Hall–Kier alpha value is -2.09. The standard InChI is InChI=1S/C13H15N3O2/c1-18-13(17)11-6-2-3-8-16(11)12-10(9-14)5-4-7-15-12/h4-5,7,11H,2-3,6,8H2,1H3. The number of carbonyl (C=O) groups is 1. The van der Waals surface area contributed by atoms with Crippen molar-refractivity contribution in [2.24, 2.45) is 0 Å². The second-order valence-electron chi connectivity index (χ2n) is 4.21. The first-order valence-electron chi connectivity index (χ1n) is 5.97. The lowest BCUT2D eigenvalue weighted by Crippen LogP contribution is -2.46. The van der Waals surface area contributed by atoms with Gasteiger partial charge in [0.15, 0.2) is 0 Å². The largest absolute Gasteiger partial charge is 0.467 e. The van der Waals surface area contributed by atoms with Crippen LogP contribution < -0.4 is 4.90 Å². The molecule has 1 unspecified atom stereocenters. The van der Waals surface area contributed by atoms with E-state index < -0.39 is 0 Å². The summed E-state index contributed by atoms with van der Waals surface area (Å²) < 4.78 is 4.82. The molecule has 0 radical (unpaired) electrons. The maximum Gasteiger partial charge on any atom is 0.328 e. The monoisotopic (exact) mass is 245 g/mol. The van der Waals surface area contributed by atoms with Crippen LogP contribution in [0, 0.1) is 11.3 Å². The summed E-state index contributed by atoms with van der Waals surface area (Å²) in [5, 5.41) is 9.10. The molecule has 5 nitrogen and oxygen atoms in total. The molecular formula is C13H15N3O2. The molecule has 1 aliphatic heterocycles. The number of hydrogen-bond donors (Lipinski definition) is 0. The lowest BCUT2D eigenvalue weighted by atomic mass is 10.0. The van der Waals surface area contributed by atoms with E-state index in [4.69, 9.17) is 10.00 Å². The van der Waals surface area contributed by atoms with Gasteiger partial charge in [-0.05, 0) is 31.4 Å². The molecule has 0 spiro atoms. The predicted molar refractivity (Wildman–Crippen MR) is 66.0 cm³/mol. The van der Waals surface area contributed by atoms with Crippen LogP contribution >= 0.6 is 0 Å². The second kappa shape index (κ2) is 5.50. The van der Waals surface area contributed by atoms with Crippen LogP contribution in [0.15, 0.2) is 18.3 Å². The average molecular weight is 245 g/mol. The lowest BCUT2D eigenvalue weighted by molar-refractivity contribution is -0.142. The summed E-state index contributed by atoms with van der Waals surface area (Å²) in [5.41, 5.74) is 0.494. The number of hydrogen-bond acceptors (Lipinski definition) is 5. The Balaban J connectivity index is 2.34. The molecule has 0 bridgehead atoms. The van der Waals surface area contributed by atoms with Gasteiger partial charge in [0.25, 0.3) is 0 Å². The van der Waals surface area contributed by atoms with E-state index in [1.54, 1.807) is 18.3 Å². The number of nitrogens with zero attached hydrogens (tertiary/aromatic N) is 3. The number of aromatic nitrogens is 1. The Kier molecular flexibility index (Phi) is 3.78. The van der Waals surface area contributed by atoms with E-state index in [0.717, 1.165) is 25.8 Å². The third-order valence-electron chi connectivity index (χ3n) is 3.16. The number of carbonyl (C=O) groups excluding carboxylic acids is 1. The summed E-state index contributed by atoms with van der Waals surface area (Å²) in [6.45, 7) is 0.728. The van der Waals surface area contributed by atoms with Crippen molar-refractivity contribution in [2.75, 3.05) is 18.6 Å². The lowest BCUT2D eigenvalue weighted by Gasteiger charge is -2.34. The van der Waals surface area contributed by atoms with E-state index in [1.807, 2.05) is 4.90 Å². The van der Waals surface area contributed by atoms with Crippen molar-refractivity contribution in [2.45, 2.75) is 25.3 Å². The predicted octanol–water partition coefficient (Wildman–Crippen LogP) is 1.49. The fourth-order valence-electron chi connectivity index (χ4n) is 2.28. The second-order valence-corrected chi connectivity index (χ2v) is 4.21. The van der Waals surface area contributed by atoms with Gasteiger partial charge in [0.1, 0.15) is 17.9 Å². The minimum atomic E-state index is -0.328. The Labute approximate surface area is 106 Å². The third kappa shape index (κ3) is 2.28. The summed E-state index contributed by atoms with van der Waals surface area (Å²) >= 11 is 0. The number of ether oxygens (including phenoxy) is 1. The number of pyridine rings is 1. The van der Waals surface area contributed by atoms with Crippen LogP contribution in [-0.2, 0) is 9.53 Å². The summed E-state index contributed by atoms with van der Waals surface area (Å²) in [4.78, 5) is 17.9. The first-order chi connectivity index (χ1) is 8.77. The first kappa shape index (κ1) is 12.4. The molecule has 0 N–H and O–H groups in total. The van der Waals surface area contributed by atoms with Crippen LogP contribution in [0.25, 0.3) is 0 Å². The number of rotatable bonds is 2. The minimum absolute atomic E-state index is 0.260. The van der Waals surface area contributed by atoms with Crippen molar-refractivity contribution < 1.29 is 9.53 Å². The van der Waals surface area contributed by atoms with Gasteiger partial charge in [-0.1, -0.05) is 0 Å². The van der Waals surface area contributed by atoms with Crippen molar-refractivity contribution in [3.63, 3.8) is 0 Å². The highest BCUT2D eigenvalue weighted by Crippen LogP contribution is 2.26. The highest BCUT2D eigenvalue weighted by Gasteiger charge is 2.31. The maximum absolute atomic E-state index is 11.8. The quantitative estimate of drug-likeness (QED) is 0.738. The number of methoxy groups -OCH3 is 1. The molecule has 1 atom stereocenters. The zero-order valence-corrected chi connectivity index (χ0v) is 10.3. The molecule has 18 heavy (non-hydrogen) atoms. The molecule has 94 valence electrons. The van der Waals surface area contributed by atoms with Crippen LogP contribution in [0.3, 0.4) is 0 Å². The molecule has 0 saturated carbocycles. The summed E-state index contributed by atoms with van der Waals surface area (Å²) in [6, 6.07) is 5.22. The summed E-state index contributed by atoms with van der Waals surface area (Å²) in [7, 11) is 1.39. The van der Waals surface area contributed by atoms with Crippen LogP contribution in [0.2, 0.25) is 0 Å². The minimum Gasteiger partial charge on any atom is -0.467 e. The number of nitriles is 1. The summed E-state index contributed by atoms with van der Waals surface area (Å²) in [5.74, 6) is 0.319. The molecule has 1 aromatic heterocycles. The average Bonchev–Trinajstić information content (AvgIpc) is 2.46. The van der Waals surface area contributed by atoms with E-state index in [1.165, 1.54) is 7.11 Å². The van der Waals surface area contributed by atoms with Gasteiger partial charge in [0.2, 0.25) is 0 Å². The molecule has 1 fully saturated rings. The smallest absolute Gasteiger partial charge is 0.328 e. The number of esters is 1. The molecule has 2 rings (SSSR count). The van der Waals surface area contributed by atoms with Crippen molar-refractivity contribution in [3.8, 4) is 6.07 Å². The Morgan fingerprint density at radius 3 is 3.17 bits per heavy atom. The summed E-state index contributed by atoms with van der Waals surface area (Å²) in [6.07, 6.45) is 4.37. The normalized spacial score (nSPS) is 19.1.